The summed E-state index contributed by atoms with van der Waals surface area (Å²) < 4.78 is 40.8. The van der Waals surface area contributed by atoms with Crippen molar-refractivity contribution in [3.63, 3.8) is 0 Å². The Labute approximate surface area is 184 Å². The normalized spacial score (nSPS) is 11.5. The average Bonchev–Trinajstić information content (AvgIpc) is 2.80. The van der Waals surface area contributed by atoms with Gasteiger partial charge in [0, 0.05) is 24.3 Å². The monoisotopic (exact) mass is 455 g/mol. The van der Waals surface area contributed by atoms with E-state index in [-0.39, 0.29) is 23.3 Å². The van der Waals surface area contributed by atoms with Crippen LogP contribution in [0.5, 0.6) is 0 Å². The minimum absolute atomic E-state index is 0.0157. The summed E-state index contributed by atoms with van der Waals surface area (Å²) in [7, 11) is 0. The van der Waals surface area contributed by atoms with Gasteiger partial charge in [-0.1, -0.05) is 6.07 Å². The van der Waals surface area contributed by atoms with E-state index in [4.69, 9.17) is 0 Å². The maximum atomic E-state index is 13.1. The first-order chi connectivity index (χ1) is 15.7. The smallest absolute Gasteiger partial charge is 0.325 e. The number of pyridine rings is 2. The molecule has 0 aliphatic carbocycles. The zero-order valence-corrected chi connectivity index (χ0v) is 16.9. The fourth-order valence-corrected chi connectivity index (χ4v) is 3.32. The van der Waals surface area contributed by atoms with Gasteiger partial charge >= 0.3 is 11.9 Å². The predicted octanol–water partition coefficient (Wildman–Crippen LogP) is 2.66. The van der Waals surface area contributed by atoms with Gasteiger partial charge in [0.15, 0.2) is 5.52 Å². The fourth-order valence-electron chi connectivity index (χ4n) is 3.32. The highest BCUT2D eigenvalue weighted by molar-refractivity contribution is 5.91. The van der Waals surface area contributed by atoms with Gasteiger partial charge in [-0.25, -0.2) is 9.78 Å². The van der Waals surface area contributed by atoms with E-state index in [1.54, 1.807) is 12.1 Å². The lowest BCUT2D eigenvalue weighted by Gasteiger charge is -2.14. The number of nitrogens with one attached hydrogen (secondary N) is 1. The van der Waals surface area contributed by atoms with Crippen LogP contribution in [0.15, 0.2) is 76.7 Å². The van der Waals surface area contributed by atoms with Crippen LogP contribution < -0.4 is 16.6 Å². The van der Waals surface area contributed by atoms with Crippen molar-refractivity contribution in [1.29, 1.82) is 0 Å². The summed E-state index contributed by atoms with van der Waals surface area (Å²) in [6.07, 6.45) is -0.151. The van der Waals surface area contributed by atoms with Crippen LogP contribution in [0.25, 0.3) is 11.0 Å². The number of fused-ring (bicyclic) bond motifs is 1. The lowest BCUT2D eigenvalue weighted by Crippen LogP contribution is -2.42. The number of benzene rings is 1. The highest BCUT2D eigenvalue weighted by Gasteiger charge is 2.30. The largest absolute Gasteiger partial charge is 0.416 e. The van der Waals surface area contributed by atoms with Crippen LogP contribution in [-0.4, -0.2) is 25.0 Å². The SMILES string of the molecule is O=C(Cn1c(=O)n(Cc2ccncc2)c(=O)c2ncccc21)Nc1cccc(C(F)(F)F)c1. The second-order valence-electron chi connectivity index (χ2n) is 7.11. The first kappa shape index (κ1) is 21.9. The van der Waals surface area contributed by atoms with E-state index in [2.05, 4.69) is 15.3 Å². The third kappa shape index (κ3) is 4.66. The molecule has 1 N–H and O–H groups in total. The summed E-state index contributed by atoms with van der Waals surface area (Å²) in [4.78, 5) is 46.6. The molecular formula is C22H16F3N5O3. The number of nitrogens with zero attached hydrogens (tertiary/aromatic N) is 4. The zero-order valence-electron chi connectivity index (χ0n) is 16.9. The molecule has 11 heteroatoms. The number of carbonyl (C=O) groups is 1. The number of halogens is 3. The van der Waals surface area contributed by atoms with Gasteiger partial charge in [-0.05, 0) is 48.0 Å². The Balaban J connectivity index is 1.71. The van der Waals surface area contributed by atoms with Gasteiger partial charge in [0.1, 0.15) is 6.54 Å². The quantitative estimate of drug-likeness (QED) is 0.499. The number of hydrogen-bond acceptors (Lipinski definition) is 5. The molecule has 0 spiro atoms. The van der Waals surface area contributed by atoms with Crippen molar-refractivity contribution >= 4 is 22.6 Å². The topological polar surface area (TPSA) is 98.9 Å². The van der Waals surface area contributed by atoms with Crippen molar-refractivity contribution in [2.45, 2.75) is 19.3 Å². The second kappa shape index (κ2) is 8.69. The van der Waals surface area contributed by atoms with Crippen LogP contribution >= 0.6 is 0 Å². The Morgan fingerprint density at radius 2 is 1.73 bits per heavy atom. The molecule has 0 radical (unpaired) electrons. The summed E-state index contributed by atoms with van der Waals surface area (Å²) in [5.41, 5.74) is -1.61. The summed E-state index contributed by atoms with van der Waals surface area (Å²) in [6.45, 7) is -0.601. The maximum absolute atomic E-state index is 13.1. The Bertz CT molecular complexity index is 1450. The molecule has 3 aromatic heterocycles. The van der Waals surface area contributed by atoms with Crippen LogP contribution in [0.2, 0.25) is 0 Å². The molecule has 168 valence electrons. The Hall–Kier alpha value is -4.28. The lowest BCUT2D eigenvalue weighted by atomic mass is 10.2. The highest BCUT2D eigenvalue weighted by Crippen LogP contribution is 2.30. The maximum Gasteiger partial charge on any atom is 0.416 e. The van der Waals surface area contributed by atoms with Crippen molar-refractivity contribution in [1.82, 2.24) is 19.1 Å². The van der Waals surface area contributed by atoms with Gasteiger partial charge in [-0.2, -0.15) is 13.2 Å². The van der Waals surface area contributed by atoms with Crippen molar-refractivity contribution < 1.29 is 18.0 Å². The average molecular weight is 455 g/mol. The Morgan fingerprint density at radius 1 is 0.970 bits per heavy atom. The molecule has 0 saturated carbocycles. The van der Waals surface area contributed by atoms with E-state index in [1.165, 1.54) is 42.9 Å². The number of alkyl halides is 3. The Morgan fingerprint density at radius 3 is 2.45 bits per heavy atom. The molecule has 0 fully saturated rings. The van der Waals surface area contributed by atoms with E-state index < -0.39 is 35.4 Å². The number of amides is 1. The zero-order chi connectivity index (χ0) is 23.6. The number of anilines is 1. The third-order valence-electron chi connectivity index (χ3n) is 4.85. The summed E-state index contributed by atoms with van der Waals surface area (Å²) in [5, 5.41) is 2.36. The first-order valence-electron chi connectivity index (χ1n) is 9.68. The first-order valence-corrected chi connectivity index (χ1v) is 9.68. The number of rotatable bonds is 5. The minimum atomic E-state index is -4.57. The van der Waals surface area contributed by atoms with Gasteiger partial charge in [0.05, 0.1) is 17.6 Å². The van der Waals surface area contributed by atoms with Crippen LogP contribution in [-0.2, 0) is 24.1 Å². The molecule has 4 aromatic rings. The van der Waals surface area contributed by atoms with E-state index in [1.807, 2.05) is 0 Å². The molecule has 8 nitrogen and oxygen atoms in total. The summed E-state index contributed by atoms with van der Waals surface area (Å²) in [6, 6.07) is 10.4. The predicted molar refractivity (Wildman–Crippen MR) is 114 cm³/mol. The molecule has 0 bridgehead atoms. The van der Waals surface area contributed by atoms with Crippen LogP contribution in [0.1, 0.15) is 11.1 Å². The molecule has 3 heterocycles. The van der Waals surface area contributed by atoms with Crippen molar-refractivity contribution in [2.75, 3.05) is 5.32 Å². The van der Waals surface area contributed by atoms with Crippen molar-refractivity contribution in [3.05, 3.63) is 99.1 Å². The van der Waals surface area contributed by atoms with Crippen LogP contribution in [0.3, 0.4) is 0 Å². The Kier molecular flexibility index (Phi) is 5.78. The lowest BCUT2D eigenvalue weighted by molar-refractivity contribution is -0.137. The number of carbonyl (C=O) groups excluding carboxylic acids is 1. The third-order valence-corrected chi connectivity index (χ3v) is 4.85. The molecule has 4 rings (SSSR count). The van der Waals surface area contributed by atoms with E-state index in [0.29, 0.717) is 5.56 Å². The fraction of sp³-hybridized carbons (Fsp3) is 0.136. The second-order valence-corrected chi connectivity index (χ2v) is 7.11. The standard InChI is InChI=1S/C22H16F3N5O3/c23-22(24,25)15-3-1-4-16(11-15)28-18(31)13-29-17-5-2-8-27-19(17)20(32)30(21(29)33)12-14-6-9-26-10-7-14/h1-11H,12-13H2,(H,28,31). The molecule has 1 aromatic carbocycles. The van der Waals surface area contributed by atoms with E-state index in [0.717, 1.165) is 21.3 Å². The van der Waals surface area contributed by atoms with Crippen LogP contribution in [0, 0.1) is 0 Å². The minimum Gasteiger partial charge on any atom is -0.325 e. The van der Waals surface area contributed by atoms with E-state index >= 15 is 0 Å². The van der Waals surface area contributed by atoms with Crippen LogP contribution in [0.4, 0.5) is 18.9 Å². The molecule has 0 atom stereocenters. The molecule has 1 amide bonds. The van der Waals surface area contributed by atoms with Crippen molar-refractivity contribution in [2.24, 2.45) is 0 Å². The summed E-state index contributed by atoms with van der Waals surface area (Å²) >= 11 is 0. The summed E-state index contributed by atoms with van der Waals surface area (Å²) in [5.74, 6) is -0.740. The van der Waals surface area contributed by atoms with E-state index in [9.17, 15) is 27.6 Å². The van der Waals surface area contributed by atoms with Gasteiger partial charge in [-0.3, -0.25) is 23.7 Å². The van der Waals surface area contributed by atoms with Gasteiger partial charge < -0.3 is 5.32 Å². The highest BCUT2D eigenvalue weighted by atomic mass is 19.4. The molecule has 0 unspecified atom stereocenters. The molecule has 0 saturated heterocycles. The molecule has 0 aliphatic rings. The number of aromatic nitrogens is 4. The van der Waals surface area contributed by atoms with Gasteiger partial charge in [-0.15, -0.1) is 0 Å². The van der Waals surface area contributed by atoms with Crippen molar-refractivity contribution in [3.8, 4) is 0 Å². The molecular weight excluding hydrogens is 439 g/mol. The number of hydrogen-bond donors (Lipinski definition) is 1. The van der Waals surface area contributed by atoms with Gasteiger partial charge in [0.2, 0.25) is 5.91 Å². The molecule has 33 heavy (non-hydrogen) atoms. The molecule has 0 aliphatic heterocycles. The van der Waals surface area contributed by atoms with Gasteiger partial charge in [0.25, 0.3) is 5.56 Å².